The van der Waals surface area contributed by atoms with E-state index in [0.29, 0.717) is 5.56 Å². The molecule has 0 radical (unpaired) electrons. The molecule has 4 nitrogen and oxygen atoms in total. The van der Waals surface area contributed by atoms with Gasteiger partial charge in [0.15, 0.2) is 0 Å². The summed E-state index contributed by atoms with van der Waals surface area (Å²) in [7, 11) is 0. The third-order valence-corrected chi connectivity index (χ3v) is 4.96. The smallest absolute Gasteiger partial charge is 0.272 e. The van der Waals surface area contributed by atoms with E-state index >= 15 is 0 Å². The summed E-state index contributed by atoms with van der Waals surface area (Å²) in [6.45, 7) is 3.16. The predicted octanol–water partition coefficient (Wildman–Crippen LogP) is 2.41. The van der Waals surface area contributed by atoms with Crippen LogP contribution in [-0.2, 0) is 6.54 Å². The summed E-state index contributed by atoms with van der Waals surface area (Å²) in [4.78, 5) is 13.7. The first-order valence-electron chi connectivity index (χ1n) is 8.20. The Labute approximate surface area is 150 Å². The zero-order chi connectivity index (χ0) is 16.8. The van der Waals surface area contributed by atoms with E-state index in [0.717, 1.165) is 42.7 Å². The Morgan fingerprint density at radius 2 is 1.71 bits per heavy atom. The molecule has 1 amide bonds. The van der Waals surface area contributed by atoms with Gasteiger partial charge < -0.3 is 4.90 Å². The number of amides is 1. The molecular weight excluding hydrogens is 366 g/mol. The number of benzene rings is 2. The highest BCUT2D eigenvalue weighted by molar-refractivity contribution is 9.10. The van der Waals surface area contributed by atoms with E-state index in [9.17, 15) is 4.79 Å². The molecule has 0 unspecified atom stereocenters. The number of hydrazone groups is 1. The second-order valence-electron chi connectivity index (χ2n) is 6.01. The Balaban J connectivity index is 1.50. The molecule has 2 aromatic rings. The third-order valence-electron chi connectivity index (χ3n) is 4.27. The maximum Gasteiger partial charge on any atom is 0.272 e. The maximum atomic E-state index is 12.2. The largest absolute Gasteiger partial charge is 0.331 e. The van der Waals surface area contributed by atoms with Crippen molar-refractivity contribution in [1.29, 1.82) is 0 Å². The van der Waals surface area contributed by atoms with Crippen molar-refractivity contribution in [2.45, 2.75) is 19.4 Å². The molecule has 1 aliphatic heterocycles. The molecule has 0 aliphatic carbocycles. The molecule has 1 heterocycles. The van der Waals surface area contributed by atoms with Crippen molar-refractivity contribution in [3.8, 4) is 0 Å². The average molecular weight is 387 g/mol. The number of likely N-dealkylation sites (tertiary alicyclic amines) is 1. The molecule has 1 aliphatic rings. The molecule has 0 atom stereocenters. The summed E-state index contributed by atoms with van der Waals surface area (Å²) in [5.74, 6) is -0.172. The van der Waals surface area contributed by atoms with Gasteiger partial charge in [0, 0.05) is 28.6 Å². The molecule has 0 bridgehead atoms. The van der Waals surface area contributed by atoms with E-state index < -0.39 is 0 Å². The van der Waals surface area contributed by atoms with Crippen molar-refractivity contribution in [3.05, 3.63) is 70.2 Å². The second kappa shape index (κ2) is 8.22. The number of quaternary nitrogens is 1. The minimum absolute atomic E-state index is 0.172. The van der Waals surface area contributed by atoms with Crippen LogP contribution < -0.4 is 10.3 Å². The highest BCUT2D eigenvalue weighted by atomic mass is 79.9. The second-order valence-corrected chi connectivity index (χ2v) is 6.87. The predicted molar refractivity (Wildman–Crippen MR) is 99.1 cm³/mol. The first kappa shape index (κ1) is 16.9. The van der Waals surface area contributed by atoms with Crippen LogP contribution in [0, 0.1) is 0 Å². The number of piperidine rings is 1. The van der Waals surface area contributed by atoms with Crippen molar-refractivity contribution in [1.82, 2.24) is 5.43 Å². The Morgan fingerprint density at radius 1 is 1.04 bits per heavy atom. The van der Waals surface area contributed by atoms with Crippen LogP contribution in [0.25, 0.3) is 0 Å². The van der Waals surface area contributed by atoms with Crippen LogP contribution in [0.5, 0.6) is 0 Å². The number of hydrogen-bond acceptors (Lipinski definition) is 2. The molecule has 1 saturated heterocycles. The van der Waals surface area contributed by atoms with Crippen molar-refractivity contribution in [3.63, 3.8) is 0 Å². The van der Waals surface area contributed by atoms with Crippen LogP contribution in [0.3, 0.4) is 0 Å². The lowest BCUT2D eigenvalue weighted by molar-refractivity contribution is -0.914. The van der Waals surface area contributed by atoms with E-state index in [1.165, 1.54) is 5.56 Å². The number of rotatable bonds is 4. The van der Waals surface area contributed by atoms with Gasteiger partial charge in [-0.3, -0.25) is 4.79 Å². The summed E-state index contributed by atoms with van der Waals surface area (Å²) >= 11 is 3.39. The van der Waals surface area contributed by atoms with E-state index in [-0.39, 0.29) is 5.91 Å². The summed E-state index contributed by atoms with van der Waals surface area (Å²) in [5, 5.41) is 4.33. The first-order chi connectivity index (χ1) is 11.7. The van der Waals surface area contributed by atoms with Gasteiger partial charge in [0.2, 0.25) is 0 Å². The lowest BCUT2D eigenvalue weighted by atomic mass is 10.1. The molecule has 24 heavy (non-hydrogen) atoms. The van der Waals surface area contributed by atoms with Crippen molar-refractivity contribution in [2.75, 3.05) is 13.1 Å². The highest BCUT2D eigenvalue weighted by Gasteiger charge is 2.19. The summed E-state index contributed by atoms with van der Waals surface area (Å²) in [5.41, 5.74) is 5.74. The fourth-order valence-corrected chi connectivity index (χ4v) is 3.37. The fraction of sp³-hybridized carbons (Fsp3) is 0.263. The van der Waals surface area contributed by atoms with E-state index in [4.69, 9.17) is 0 Å². The Bertz CT molecular complexity index is 720. The molecule has 0 aromatic heterocycles. The molecular formula is C19H21BrN3O+. The van der Waals surface area contributed by atoms with Crippen LogP contribution in [0.4, 0.5) is 0 Å². The van der Waals surface area contributed by atoms with E-state index in [1.54, 1.807) is 11.0 Å². The summed E-state index contributed by atoms with van der Waals surface area (Å²) < 4.78 is 0.782. The van der Waals surface area contributed by atoms with Gasteiger partial charge in [-0.1, -0.05) is 42.5 Å². The lowest BCUT2D eigenvalue weighted by Crippen LogP contribution is -3.11. The first-order valence-corrected chi connectivity index (χ1v) is 8.99. The minimum atomic E-state index is -0.172. The normalized spacial score (nSPS) is 17.4. The van der Waals surface area contributed by atoms with Gasteiger partial charge in [0.1, 0.15) is 6.54 Å². The average Bonchev–Trinajstić information content (AvgIpc) is 2.62. The van der Waals surface area contributed by atoms with Gasteiger partial charge in [0.25, 0.3) is 5.91 Å². The van der Waals surface area contributed by atoms with Gasteiger partial charge >= 0.3 is 0 Å². The fourth-order valence-electron chi connectivity index (χ4n) is 2.90. The number of nitrogens with one attached hydrogen (secondary N) is 2. The Morgan fingerprint density at radius 3 is 2.42 bits per heavy atom. The van der Waals surface area contributed by atoms with E-state index in [2.05, 4.69) is 50.7 Å². The van der Waals surface area contributed by atoms with Crippen molar-refractivity contribution in [2.24, 2.45) is 5.10 Å². The molecule has 124 valence electrons. The SMILES string of the molecule is O=C(NN=C1CC[NH+](Cc2ccccc2)CC1)c1ccccc1Br. The molecule has 2 aromatic carbocycles. The van der Waals surface area contributed by atoms with Crippen molar-refractivity contribution >= 4 is 27.5 Å². The molecule has 2 N–H and O–H groups in total. The number of nitrogens with zero attached hydrogens (tertiary/aromatic N) is 1. The quantitative estimate of drug-likeness (QED) is 0.778. The molecule has 3 rings (SSSR count). The molecule has 0 saturated carbocycles. The number of hydrogen-bond donors (Lipinski definition) is 2. The number of carbonyl (C=O) groups is 1. The number of halogens is 1. The maximum absolute atomic E-state index is 12.2. The topological polar surface area (TPSA) is 45.9 Å². The highest BCUT2D eigenvalue weighted by Crippen LogP contribution is 2.15. The van der Waals surface area contributed by atoms with Gasteiger partial charge in [-0.15, -0.1) is 0 Å². The van der Waals surface area contributed by atoms with Crippen LogP contribution >= 0.6 is 15.9 Å². The summed E-state index contributed by atoms with van der Waals surface area (Å²) in [6, 6.07) is 17.9. The molecule has 1 fully saturated rings. The standard InChI is InChI=1S/C19H20BrN3O/c20-18-9-5-4-8-17(18)19(24)22-21-16-10-12-23(13-11-16)14-15-6-2-1-3-7-15/h1-9H,10-14H2,(H,22,24)/p+1. The minimum Gasteiger partial charge on any atom is -0.331 e. The zero-order valence-electron chi connectivity index (χ0n) is 13.5. The lowest BCUT2D eigenvalue weighted by Gasteiger charge is -2.24. The number of carbonyl (C=O) groups excluding carboxylic acids is 1. The monoisotopic (exact) mass is 386 g/mol. The van der Waals surface area contributed by atoms with Crippen LogP contribution in [0.1, 0.15) is 28.8 Å². The van der Waals surface area contributed by atoms with Crippen LogP contribution in [-0.4, -0.2) is 24.7 Å². The van der Waals surface area contributed by atoms with Crippen LogP contribution in [0.2, 0.25) is 0 Å². The van der Waals surface area contributed by atoms with Gasteiger partial charge in [-0.25, -0.2) is 5.43 Å². The molecule has 0 spiro atoms. The zero-order valence-corrected chi connectivity index (χ0v) is 15.1. The van der Waals surface area contributed by atoms with Crippen LogP contribution in [0.15, 0.2) is 64.2 Å². The Kier molecular flexibility index (Phi) is 5.77. The van der Waals surface area contributed by atoms with Crippen molar-refractivity contribution < 1.29 is 9.69 Å². The third kappa shape index (κ3) is 4.52. The summed E-state index contributed by atoms with van der Waals surface area (Å²) in [6.07, 6.45) is 1.86. The Hall–Kier alpha value is -1.98. The molecule has 5 heteroatoms. The van der Waals surface area contributed by atoms with E-state index in [1.807, 2.05) is 24.3 Å². The van der Waals surface area contributed by atoms with Gasteiger partial charge in [-0.2, -0.15) is 5.10 Å². The van der Waals surface area contributed by atoms with Gasteiger partial charge in [0.05, 0.1) is 18.7 Å². The van der Waals surface area contributed by atoms with Gasteiger partial charge in [-0.05, 0) is 28.1 Å².